The number of amidine groups is 1. The van der Waals surface area contributed by atoms with Crippen LogP contribution in [-0.2, 0) is 4.79 Å². The van der Waals surface area contributed by atoms with Crippen molar-refractivity contribution < 1.29 is 4.79 Å². The lowest BCUT2D eigenvalue weighted by molar-refractivity contribution is -0.121. The molecule has 0 saturated carbocycles. The van der Waals surface area contributed by atoms with Crippen LogP contribution in [0.25, 0.3) is 0 Å². The summed E-state index contributed by atoms with van der Waals surface area (Å²) in [5.74, 6) is 0.997. The van der Waals surface area contributed by atoms with Gasteiger partial charge in [-0.15, -0.1) is 0 Å². The summed E-state index contributed by atoms with van der Waals surface area (Å²) in [7, 11) is 4.00. The van der Waals surface area contributed by atoms with Gasteiger partial charge >= 0.3 is 0 Å². The molecule has 3 atom stereocenters. The van der Waals surface area contributed by atoms with Crippen molar-refractivity contribution in [2.24, 2.45) is 5.10 Å². The topological polar surface area (TPSA) is 75.2 Å². The highest BCUT2D eigenvalue weighted by molar-refractivity contribution is 5.89. The van der Waals surface area contributed by atoms with E-state index in [9.17, 15) is 4.79 Å². The smallest absolute Gasteiger partial charge is 0.220 e. The zero-order chi connectivity index (χ0) is 21.3. The number of nitrogens with zero attached hydrogens (tertiary/aromatic N) is 4. The van der Waals surface area contributed by atoms with Crippen LogP contribution in [-0.4, -0.2) is 65.9 Å². The predicted molar refractivity (Wildman–Crippen MR) is 118 cm³/mol. The molecular weight excluding hydrogens is 378 g/mol. The number of rotatable bonds is 7. The van der Waals surface area contributed by atoms with Crippen molar-refractivity contribution in [1.82, 2.24) is 31.0 Å². The maximum atomic E-state index is 12.1. The third kappa shape index (κ3) is 4.29. The summed E-state index contributed by atoms with van der Waals surface area (Å²) in [5.41, 5.74) is 10.9. The minimum absolute atomic E-state index is 0.0722. The molecule has 3 unspecified atom stereocenters. The Kier molecular flexibility index (Phi) is 5.97. The number of hydrazine groups is 1. The molecule has 3 aliphatic rings. The zero-order valence-corrected chi connectivity index (χ0v) is 18.4. The highest BCUT2D eigenvalue weighted by Crippen LogP contribution is 2.34. The molecule has 1 amide bonds. The summed E-state index contributed by atoms with van der Waals surface area (Å²) < 4.78 is 0. The number of nitrogens with one attached hydrogen (secondary N) is 3. The average molecular weight is 412 g/mol. The minimum atomic E-state index is 0.0722. The van der Waals surface area contributed by atoms with Crippen molar-refractivity contribution in [3.05, 3.63) is 47.3 Å². The number of aryl methyl sites for hydroxylation is 2. The molecule has 3 N–H and O–H groups in total. The van der Waals surface area contributed by atoms with Crippen molar-refractivity contribution in [2.45, 2.75) is 51.4 Å². The second-order valence-electron chi connectivity index (χ2n) is 8.70. The van der Waals surface area contributed by atoms with Gasteiger partial charge < -0.3 is 20.1 Å². The summed E-state index contributed by atoms with van der Waals surface area (Å²) in [4.78, 5) is 16.4. The standard InChI is InChI=1S/C22H33N7O/c1-15-5-6-17(13-16(15)2)18-14-19-22-25-24-20(28(22)11-12-29(19)26-18)7-8-21(30)23-9-10-27(3)4/h5-6,11-13,18-19,22,25-26H,7-10,14H2,1-4H3,(H,23,30). The van der Waals surface area contributed by atoms with Gasteiger partial charge in [0.2, 0.25) is 5.91 Å². The predicted octanol–water partition coefficient (Wildman–Crippen LogP) is 1.41. The number of carbonyl (C=O) groups excluding carboxylic acids is 1. The van der Waals surface area contributed by atoms with Gasteiger partial charge in [-0.05, 0) is 51.1 Å². The molecule has 3 heterocycles. The lowest BCUT2D eigenvalue weighted by atomic mass is 9.97. The number of hydrogen-bond donors (Lipinski definition) is 3. The minimum Gasteiger partial charge on any atom is -0.355 e. The molecule has 30 heavy (non-hydrogen) atoms. The number of likely N-dealkylation sites (N-methyl/N-ethyl adjacent to an activating group) is 1. The van der Waals surface area contributed by atoms with E-state index in [4.69, 9.17) is 0 Å². The molecule has 1 saturated heterocycles. The first-order valence-corrected chi connectivity index (χ1v) is 10.7. The van der Waals surface area contributed by atoms with E-state index in [0.717, 1.165) is 18.8 Å². The quantitative estimate of drug-likeness (QED) is 0.630. The first-order chi connectivity index (χ1) is 14.4. The summed E-state index contributed by atoms with van der Waals surface area (Å²) in [6, 6.07) is 7.26. The van der Waals surface area contributed by atoms with Gasteiger partial charge in [0.05, 0.1) is 12.1 Å². The van der Waals surface area contributed by atoms with Crippen molar-refractivity contribution in [3.63, 3.8) is 0 Å². The Hall–Kier alpha value is -2.58. The van der Waals surface area contributed by atoms with Crippen LogP contribution in [0, 0.1) is 13.8 Å². The summed E-state index contributed by atoms with van der Waals surface area (Å²) in [5, 5.41) is 9.71. The largest absolute Gasteiger partial charge is 0.355 e. The van der Waals surface area contributed by atoms with Gasteiger partial charge in [-0.1, -0.05) is 18.2 Å². The van der Waals surface area contributed by atoms with Gasteiger partial charge in [-0.25, -0.2) is 5.43 Å². The fraction of sp³-hybridized carbons (Fsp3) is 0.545. The van der Waals surface area contributed by atoms with E-state index in [2.05, 4.69) is 80.5 Å². The Morgan fingerprint density at radius 2 is 2.10 bits per heavy atom. The summed E-state index contributed by atoms with van der Waals surface area (Å²) in [6.45, 7) is 5.83. The van der Waals surface area contributed by atoms with E-state index in [1.807, 2.05) is 14.1 Å². The molecule has 3 aliphatic heterocycles. The number of hydrogen-bond acceptors (Lipinski definition) is 7. The number of fused-ring (bicyclic) bond motifs is 3. The lowest BCUT2D eigenvalue weighted by Gasteiger charge is -2.37. The highest BCUT2D eigenvalue weighted by Gasteiger charge is 2.44. The van der Waals surface area contributed by atoms with Crippen LogP contribution in [0.15, 0.2) is 35.7 Å². The van der Waals surface area contributed by atoms with Gasteiger partial charge in [0, 0.05) is 38.3 Å². The molecular formula is C22H33N7O. The number of benzene rings is 1. The van der Waals surface area contributed by atoms with Crippen molar-refractivity contribution >= 4 is 11.7 Å². The lowest BCUT2D eigenvalue weighted by Crippen LogP contribution is -2.54. The van der Waals surface area contributed by atoms with Crippen LogP contribution < -0.4 is 16.2 Å². The van der Waals surface area contributed by atoms with Crippen LogP contribution in [0.2, 0.25) is 0 Å². The van der Waals surface area contributed by atoms with Crippen LogP contribution in [0.5, 0.6) is 0 Å². The van der Waals surface area contributed by atoms with Crippen LogP contribution >= 0.6 is 0 Å². The molecule has 0 bridgehead atoms. The van der Waals surface area contributed by atoms with E-state index < -0.39 is 0 Å². The van der Waals surface area contributed by atoms with E-state index in [1.54, 1.807) is 0 Å². The first-order valence-electron chi connectivity index (χ1n) is 10.7. The molecule has 0 aromatic heterocycles. The van der Waals surface area contributed by atoms with Crippen LogP contribution in [0.4, 0.5) is 0 Å². The molecule has 8 nitrogen and oxygen atoms in total. The summed E-state index contributed by atoms with van der Waals surface area (Å²) >= 11 is 0. The fourth-order valence-corrected chi connectivity index (χ4v) is 4.24. The molecule has 1 fully saturated rings. The molecule has 8 heteroatoms. The molecule has 0 radical (unpaired) electrons. The Morgan fingerprint density at radius 3 is 2.87 bits per heavy atom. The van der Waals surface area contributed by atoms with Gasteiger partial charge in [0.25, 0.3) is 0 Å². The second-order valence-corrected chi connectivity index (χ2v) is 8.70. The SMILES string of the molecule is Cc1ccc(C2CC3C4NN=C(CCC(=O)NCCN(C)C)N4C=CN3N2)cc1C. The van der Waals surface area contributed by atoms with Gasteiger partial charge in [0.1, 0.15) is 12.0 Å². The molecule has 162 valence electrons. The number of carbonyl (C=O) groups is 1. The third-order valence-corrected chi connectivity index (χ3v) is 6.21. The van der Waals surface area contributed by atoms with E-state index in [-0.39, 0.29) is 24.2 Å². The van der Waals surface area contributed by atoms with Gasteiger partial charge in [-0.2, -0.15) is 5.10 Å². The van der Waals surface area contributed by atoms with E-state index in [0.29, 0.717) is 19.4 Å². The van der Waals surface area contributed by atoms with Gasteiger partial charge in [-0.3, -0.25) is 10.2 Å². The normalized spacial score (nSPS) is 24.6. The Bertz CT molecular complexity index is 850. The Balaban J connectivity index is 1.32. The molecule has 0 spiro atoms. The number of hydrazone groups is 1. The van der Waals surface area contributed by atoms with E-state index in [1.165, 1.54) is 16.7 Å². The van der Waals surface area contributed by atoms with Crippen LogP contribution in [0.3, 0.4) is 0 Å². The highest BCUT2D eigenvalue weighted by atomic mass is 16.1. The van der Waals surface area contributed by atoms with Crippen LogP contribution in [0.1, 0.15) is 42.0 Å². The maximum Gasteiger partial charge on any atom is 0.220 e. The van der Waals surface area contributed by atoms with E-state index >= 15 is 0 Å². The Labute approximate surface area is 178 Å². The molecule has 0 aliphatic carbocycles. The van der Waals surface area contributed by atoms with Crippen molar-refractivity contribution in [2.75, 3.05) is 27.2 Å². The number of amides is 1. The fourth-order valence-electron chi connectivity index (χ4n) is 4.24. The monoisotopic (exact) mass is 411 g/mol. The van der Waals surface area contributed by atoms with Crippen molar-refractivity contribution in [1.29, 1.82) is 0 Å². The average Bonchev–Trinajstić information content (AvgIpc) is 3.31. The summed E-state index contributed by atoms with van der Waals surface area (Å²) in [6.07, 6.45) is 6.30. The first kappa shape index (κ1) is 20.7. The molecule has 1 aromatic rings. The molecule has 1 aromatic carbocycles. The zero-order valence-electron chi connectivity index (χ0n) is 18.4. The second kappa shape index (κ2) is 8.65. The third-order valence-electron chi connectivity index (χ3n) is 6.21. The van der Waals surface area contributed by atoms with Gasteiger partial charge in [0.15, 0.2) is 0 Å². The van der Waals surface area contributed by atoms with Crippen molar-refractivity contribution in [3.8, 4) is 0 Å². The molecule has 4 rings (SSSR count). The maximum absolute atomic E-state index is 12.1. The Morgan fingerprint density at radius 1 is 1.27 bits per heavy atom.